The van der Waals surface area contributed by atoms with Crippen molar-refractivity contribution in [3.63, 3.8) is 0 Å². The Kier molecular flexibility index (Phi) is 3.65. The van der Waals surface area contributed by atoms with E-state index in [1.165, 1.54) is 18.4 Å². The van der Waals surface area contributed by atoms with Gasteiger partial charge in [-0.2, -0.15) is 0 Å². The van der Waals surface area contributed by atoms with Gasteiger partial charge in [0.15, 0.2) is 0 Å². The molecule has 72 valence electrons. The molecular weight excluding hydrogens is 212 g/mol. The molecule has 1 aromatic rings. The van der Waals surface area contributed by atoms with Gasteiger partial charge in [0.1, 0.15) is 5.15 Å². The van der Waals surface area contributed by atoms with Crippen molar-refractivity contribution < 1.29 is 9.53 Å². The van der Waals surface area contributed by atoms with Crippen molar-refractivity contribution in [2.45, 2.75) is 12.5 Å². The first-order chi connectivity index (χ1) is 6.15. The largest absolute Gasteiger partial charge is 0.469 e. The predicted molar refractivity (Wildman–Crippen MR) is 50.7 cm³/mol. The number of carbonyl (C=O) groups is 1. The average molecular weight is 221 g/mol. The molecule has 1 heterocycles. The van der Waals surface area contributed by atoms with Crippen LogP contribution in [0.25, 0.3) is 0 Å². The Hall–Kier alpha value is -0.650. The summed E-state index contributed by atoms with van der Waals surface area (Å²) in [4.78, 5) is 15.4. The Morgan fingerprint density at radius 3 is 3.08 bits per heavy atom. The van der Waals surface area contributed by atoms with Crippen LogP contribution in [0, 0.1) is 0 Å². The summed E-state index contributed by atoms with van der Waals surface area (Å²) in [6, 6.07) is -0.424. The van der Waals surface area contributed by atoms with Crippen LogP contribution in [-0.4, -0.2) is 18.1 Å². The number of halogens is 1. The van der Waals surface area contributed by atoms with Crippen LogP contribution in [0.4, 0.5) is 0 Å². The molecule has 0 amide bonds. The first-order valence-corrected chi connectivity index (χ1v) is 4.82. The number of nitrogens with two attached hydrogens (primary N) is 1. The van der Waals surface area contributed by atoms with Gasteiger partial charge in [0.05, 0.1) is 30.0 Å². The summed E-state index contributed by atoms with van der Waals surface area (Å²) in [6.45, 7) is 0. The highest BCUT2D eigenvalue weighted by atomic mass is 35.5. The highest BCUT2D eigenvalue weighted by Gasteiger charge is 2.16. The second-order valence-electron chi connectivity index (χ2n) is 2.39. The Morgan fingerprint density at radius 1 is 1.92 bits per heavy atom. The molecule has 0 spiro atoms. The SMILES string of the molecule is COC(=O)CC(N)c1scnc1Cl. The number of methoxy groups -OCH3 is 1. The summed E-state index contributed by atoms with van der Waals surface area (Å²) < 4.78 is 4.48. The van der Waals surface area contributed by atoms with Crippen molar-refractivity contribution in [2.75, 3.05) is 7.11 Å². The molecule has 0 radical (unpaired) electrons. The zero-order chi connectivity index (χ0) is 9.84. The number of thiazole rings is 1. The van der Waals surface area contributed by atoms with Crippen LogP contribution in [0.15, 0.2) is 5.51 Å². The van der Waals surface area contributed by atoms with Gasteiger partial charge in [-0.1, -0.05) is 11.6 Å². The van der Waals surface area contributed by atoms with Gasteiger partial charge in [0, 0.05) is 0 Å². The van der Waals surface area contributed by atoms with Crippen molar-refractivity contribution in [1.29, 1.82) is 0 Å². The molecular formula is C7H9ClN2O2S. The van der Waals surface area contributed by atoms with Crippen LogP contribution in [0.2, 0.25) is 5.15 Å². The van der Waals surface area contributed by atoms with Gasteiger partial charge in [-0.05, 0) is 0 Å². The number of hydrogen-bond acceptors (Lipinski definition) is 5. The number of carbonyl (C=O) groups excluding carboxylic acids is 1. The Bertz CT molecular complexity index is 302. The quantitative estimate of drug-likeness (QED) is 0.782. The normalized spacial score (nSPS) is 12.5. The molecule has 1 rings (SSSR count). The van der Waals surface area contributed by atoms with Crippen molar-refractivity contribution in [3.05, 3.63) is 15.5 Å². The summed E-state index contributed by atoms with van der Waals surface area (Å²) in [6.07, 6.45) is 0.123. The number of ether oxygens (including phenoxy) is 1. The van der Waals surface area contributed by atoms with E-state index in [1.807, 2.05) is 0 Å². The molecule has 0 aliphatic rings. The van der Waals surface area contributed by atoms with E-state index < -0.39 is 6.04 Å². The molecule has 1 aromatic heterocycles. The van der Waals surface area contributed by atoms with Crippen LogP contribution in [0.1, 0.15) is 17.3 Å². The van der Waals surface area contributed by atoms with Gasteiger partial charge in [-0.25, -0.2) is 4.98 Å². The highest BCUT2D eigenvalue weighted by Crippen LogP contribution is 2.26. The smallest absolute Gasteiger partial charge is 0.307 e. The molecule has 0 aliphatic heterocycles. The summed E-state index contributed by atoms with van der Waals surface area (Å²) in [5.41, 5.74) is 7.29. The van der Waals surface area contributed by atoms with Gasteiger partial charge >= 0.3 is 5.97 Å². The van der Waals surface area contributed by atoms with Crippen LogP contribution < -0.4 is 5.73 Å². The van der Waals surface area contributed by atoms with Crippen LogP contribution in [0.3, 0.4) is 0 Å². The van der Waals surface area contributed by atoms with Crippen LogP contribution in [0.5, 0.6) is 0 Å². The van der Waals surface area contributed by atoms with E-state index in [9.17, 15) is 4.79 Å². The average Bonchev–Trinajstić information content (AvgIpc) is 2.51. The minimum Gasteiger partial charge on any atom is -0.469 e. The summed E-state index contributed by atoms with van der Waals surface area (Å²) >= 11 is 7.06. The topological polar surface area (TPSA) is 65.2 Å². The van der Waals surface area contributed by atoms with Gasteiger partial charge in [-0.3, -0.25) is 4.79 Å². The monoisotopic (exact) mass is 220 g/mol. The zero-order valence-electron chi connectivity index (χ0n) is 6.99. The van der Waals surface area contributed by atoms with Gasteiger partial charge < -0.3 is 10.5 Å². The maximum Gasteiger partial charge on any atom is 0.307 e. The third-order valence-electron chi connectivity index (χ3n) is 1.50. The van der Waals surface area contributed by atoms with E-state index in [1.54, 1.807) is 5.51 Å². The maximum atomic E-state index is 10.9. The third kappa shape index (κ3) is 2.65. The Labute approximate surface area is 84.7 Å². The fourth-order valence-corrected chi connectivity index (χ4v) is 1.90. The van der Waals surface area contributed by atoms with E-state index in [0.717, 1.165) is 0 Å². The van der Waals surface area contributed by atoms with Gasteiger partial charge in [0.2, 0.25) is 0 Å². The molecule has 2 N–H and O–H groups in total. The molecule has 13 heavy (non-hydrogen) atoms. The number of rotatable bonds is 3. The Balaban J connectivity index is 2.63. The van der Waals surface area contributed by atoms with Crippen molar-refractivity contribution >= 4 is 28.9 Å². The molecule has 6 heteroatoms. The Morgan fingerprint density at radius 2 is 2.62 bits per heavy atom. The fraction of sp³-hybridized carbons (Fsp3) is 0.429. The standard InChI is InChI=1S/C7H9ClN2O2S/c1-12-5(11)2-4(9)6-7(8)10-3-13-6/h3-4H,2,9H2,1H3. The molecule has 0 bridgehead atoms. The number of aromatic nitrogens is 1. The van der Waals surface area contributed by atoms with Crippen molar-refractivity contribution in [1.82, 2.24) is 4.98 Å². The van der Waals surface area contributed by atoms with Gasteiger partial charge in [0.25, 0.3) is 0 Å². The lowest BCUT2D eigenvalue weighted by Crippen LogP contribution is -2.15. The van der Waals surface area contributed by atoms with E-state index in [2.05, 4.69) is 9.72 Å². The van der Waals surface area contributed by atoms with E-state index in [-0.39, 0.29) is 12.4 Å². The second kappa shape index (κ2) is 4.55. The summed E-state index contributed by atoms with van der Waals surface area (Å²) in [7, 11) is 1.32. The second-order valence-corrected chi connectivity index (χ2v) is 3.64. The molecule has 0 aromatic carbocycles. The third-order valence-corrected chi connectivity index (χ3v) is 2.87. The van der Waals surface area contributed by atoms with E-state index >= 15 is 0 Å². The van der Waals surface area contributed by atoms with E-state index in [4.69, 9.17) is 17.3 Å². The number of esters is 1. The lowest BCUT2D eigenvalue weighted by atomic mass is 10.2. The summed E-state index contributed by atoms with van der Waals surface area (Å²) in [5.74, 6) is -0.350. The molecule has 0 fully saturated rings. The lowest BCUT2D eigenvalue weighted by molar-refractivity contribution is -0.141. The molecule has 1 atom stereocenters. The molecule has 1 unspecified atom stereocenters. The highest BCUT2D eigenvalue weighted by molar-refractivity contribution is 7.10. The predicted octanol–water partition coefficient (Wildman–Crippen LogP) is 1.36. The number of hydrogen-bond donors (Lipinski definition) is 1. The van der Waals surface area contributed by atoms with Gasteiger partial charge in [-0.15, -0.1) is 11.3 Å². The van der Waals surface area contributed by atoms with Crippen LogP contribution >= 0.6 is 22.9 Å². The number of nitrogens with zero attached hydrogens (tertiary/aromatic N) is 1. The van der Waals surface area contributed by atoms with E-state index in [0.29, 0.717) is 10.0 Å². The lowest BCUT2D eigenvalue weighted by Gasteiger charge is -2.07. The summed E-state index contributed by atoms with van der Waals surface area (Å²) in [5, 5.41) is 0.362. The van der Waals surface area contributed by atoms with Crippen molar-refractivity contribution in [2.24, 2.45) is 5.73 Å². The first-order valence-electron chi connectivity index (χ1n) is 3.56. The minimum atomic E-state index is -0.424. The molecule has 4 nitrogen and oxygen atoms in total. The van der Waals surface area contributed by atoms with Crippen molar-refractivity contribution in [3.8, 4) is 0 Å². The maximum absolute atomic E-state index is 10.9. The molecule has 0 saturated carbocycles. The molecule has 0 saturated heterocycles. The fourth-order valence-electron chi connectivity index (χ4n) is 0.838. The molecule has 0 aliphatic carbocycles. The zero-order valence-corrected chi connectivity index (χ0v) is 8.56. The first kappa shape index (κ1) is 10.4. The minimum absolute atomic E-state index is 0.123. The van der Waals surface area contributed by atoms with Crippen LogP contribution in [-0.2, 0) is 9.53 Å².